The number of hydrogen-bond acceptors (Lipinski definition) is 2. The molecule has 0 radical (unpaired) electrons. The summed E-state index contributed by atoms with van der Waals surface area (Å²) in [5.41, 5.74) is 18.4. The molecule has 0 saturated heterocycles. The maximum absolute atomic E-state index is 2.41. The summed E-state index contributed by atoms with van der Waals surface area (Å²) in [6, 6.07) is 68.0. The second kappa shape index (κ2) is 16.0. The van der Waals surface area contributed by atoms with Gasteiger partial charge in [-0.3, -0.25) is 0 Å². The molecule has 2 aliphatic carbocycles. The lowest BCUT2D eigenvalue weighted by Crippen LogP contribution is -2.21. The molecule has 2 nitrogen and oxygen atoms in total. The van der Waals surface area contributed by atoms with Crippen LogP contribution in [0.25, 0.3) is 10.8 Å². The third-order valence-electron chi connectivity index (χ3n) is 13.6. The summed E-state index contributed by atoms with van der Waals surface area (Å²) in [6.45, 7) is 8.93. The molecule has 0 aliphatic heterocycles. The quantitative estimate of drug-likeness (QED) is 0.136. The predicted molar refractivity (Wildman–Crippen MR) is 255 cm³/mol. The van der Waals surface area contributed by atoms with Crippen molar-refractivity contribution >= 4 is 44.9 Å². The van der Waals surface area contributed by atoms with Crippen LogP contribution in [0.3, 0.4) is 0 Å². The van der Waals surface area contributed by atoms with Gasteiger partial charge in [-0.15, -0.1) is 0 Å². The van der Waals surface area contributed by atoms with Crippen molar-refractivity contribution in [2.45, 2.75) is 77.0 Å². The minimum absolute atomic E-state index is 0.614. The molecule has 0 bridgehead atoms. The van der Waals surface area contributed by atoms with E-state index in [1.165, 1.54) is 92.3 Å². The van der Waals surface area contributed by atoms with Gasteiger partial charge in [-0.1, -0.05) is 120 Å². The van der Waals surface area contributed by atoms with Crippen LogP contribution in [-0.2, 0) is 0 Å². The number of para-hydroxylation sites is 2. The predicted octanol–water partition coefficient (Wildman–Crippen LogP) is 16.3. The van der Waals surface area contributed by atoms with Gasteiger partial charge in [0.1, 0.15) is 0 Å². The lowest BCUT2D eigenvalue weighted by atomic mass is 9.68. The lowest BCUT2D eigenvalue weighted by Gasteiger charge is -2.37. The molecule has 2 saturated carbocycles. The fourth-order valence-electron chi connectivity index (χ4n) is 10.0. The number of rotatable bonds is 10. The summed E-state index contributed by atoms with van der Waals surface area (Å²) in [5.74, 6) is 2.55. The number of anilines is 6. The summed E-state index contributed by atoms with van der Waals surface area (Å²) in [5, 5.41) is 2.43. The topological polar surface area (TPSA) is 6.48 Å². The van der Waals surface area contributed by atoms with Crippen LogP contribution in [0.1, 0.15) is 93.9 Å². The third kappa shape index (κ3) is 7.41. The molecule has 2 aliphatic rings. The maximum atomic E-state index is 2.41. The Morgan fingerprint density at radius 1 is 0.317 bits per heavy atom. The number of fused-ring (bicyclic) bond motifs is 1. The van der Waals surface area contributed by atoms with E-state index < -0.39 is 0 Å². The average molecular weight is 779 g/mol. The molecule has 0 amide bonds. The summed E-state index contributed by atoms with van der Waals surface area (Å²) >= 11 is 0. The molecule has 10 rings (SSSR count). The van der Waals surface area contributed by atoms with E-state index in [4.69, 9.17) is 0 Å². The first-order valence-electron chi connectivity index (χ1n) is 21.9. The molecular formula is C58H54N2. The fourth-order valence-corrected chi connectivity index (χ4v) is 10.0. The van der Waals surface area contributed by atoms with Crippen molar-refractivity contribution in [1.82, 2.24) is 0 Å². The first-order valence-corrected chi connectivity index (χ1v) is 21.9. The Bertz CT molecular complexity index is 2560. The van der Waals surface area contributed by atoms with Crippen LogP contribution in [0.15, 0.2) is 182 Å². The molecule has 0 heterocycles. The number of nitrogens with zero attached hydrogens (tertiary/aromatic N) is 2. The van der Waals surface area contributed by atoms with E-state index in [9.17, 15) is 0 Å². The Morgan fingerprint density at radius 3 is 1.03 bits per heavy atom. The Labute approximate surface area is 356 Å². The van der Waals surface area contributed by atoms with Crippen LogP contribution in [0.5, 0.6) is 0 Å². The highest BCUT2D eigenvalue weighted by Crippen LogP contribution is 2.51. The summed E-state index contributed by atoms with van der Waals surface area (Å²) in [4.78, 5) is 4.82. The van der Waals surface area contributed by atoms with E-state index >= 15 is 0 Å². The zero-order valence-electron chi connectivity index (χ0n) is 35.4. The van der Waals surface area contributed by atoms with Gasteiger partial charge < -0.3 is 9.80 Å². The largest absolute Gasteiger partial charge is 0.310 e. The molecule has 8 aromatic rings. The Balaban J connectivity index is 0.925. The second-order valence-electron chi connectivity index (χ2n) is 17.7. The van der Waals surface area contributed by atoms with E-state index in [0.717, 1.165) is 22.7 Å². The summed E-state index contributed by atoms with van der Waals surface area (Å²) in [7, 11) is 0. The first-order chi connectivity index (χ1) is 29.3. The van der Waals surface area contributed by atoms with Crippen LogP contribution >= 0.6 is 0 Å². The Hall–Kier alpha value is -6.38. The second-order valence-corrected chi connectivity index (χ2v) is 17.7. The molecule has 0 unspecified atom stereocenters. The zero-order chi connectivity index (χ0) is 40.7. The molecule has 2 fully saturated rings. The molecular weight excluding hydrogens is 725 g/mol. The van der Waals surface area contributed by atoms with E-state index in [0.29, 0.717) is 23.7 Å². The monoisotopic (exact) mass is 778 g/mol. The van der Waals surface area contributed by atoms with E-state index in [1.807, 2.05) is 0 Å². The van der Waals surface area contributed by atoms with Crippen molar-refractivity contribution < 1.29 is 0 Å². The van der Waals surface area contributed by atoms with Gasteiger partial charge >= 0.3 is 0 Å². The van der Waals surface area contributed by atoms with Gasteiger partial charge in [-0.05, 0) is 194 Å². The van der Waals surface area contributed by atoms with Crippen LogP contribution in [0, 0.1) is 27.7 Å². The van der Waals surface area contributed by atoms with Gasteiger partial charge in [-0.2, -0.15) is 0 Å². The Kier molecular flexibility index (Phi) is 10.1. The van der Waals surface area contributed by atoms with Crippen LogP contribution in [0.4, 0.5) is 34.1 Å². The van der Waals surface area contributed by atoms with Crippen molar-refractivity contribution in [2.24, 2.45) is 0 Å². The molecule has 0 aromatic heterocycles. The van der Waals surface area contributed by atoms with E-state index in [2.05, 4.69) is 219 Å². The van der Waals surface area contributed by atoms with Crippen molar-refractivity contribution in [3.8, 4) is 0 Å². The van der Waals surface area contributed by atoms with Crippen molar-refractivity contribution in [3.05, 3.63) is 226 Å². The zero-order valence-corrected chi connectivity index (χ0v) is 35.4. The highest BCUT2D eigenvalue weighted by molar-refractivity contribution is 5.93. The Morgan fingerprint density at radius 2 is 0.667 bits per heavy atom. The molecule has 8 aromatic carbocycles. The number of benzene rings is 8. The van der Waals surface area contributed by atoms with Crippen molar-refractivity contribution in [3.63, 3.8) is 0 Å². The maximum Gasteiger partial charge on any atom is 0.0468 e. The van der Waals surface area contributed by atoms with Crippen LogP contribution in [-0.4, -0.2) is 0 Å². The van der Waals surface area contributed by atoms with Crippen LogP contribution < -0.4 is 9.80 Å². The highest BCUT2D eigenvalue weighted by Gasteiger charge is 2.33. The van der Waals surface area contributed by atoms with E-state index in [1.54, 1.807) is 0 Å². The van der Waals surface area contributed by atoms with Crippen LogP contribution in [0.2, 0.25) is 0 Å². The normalized spacial score (nSPS) is 18.4. The smallest absolute Gasteiger partial charge is 0.0468 e. The van der Waals surface area contributed by atoms with Gasteiger partial charge in [0, 0.05) is 34.1 Å². The van der Waals surface area contributed by atoms with Gasteiger partial charge in [0.15, 0.2) is 0 Å². The van der Waals surface area contributed by atoms with Crippen molar-refractivity contribution in [1.29, 1.82) is 0 Å². The number of hydrogen-bond donors (Lipinski definition) is 0. The molecule has 60 heavy (non-hydrogen) atoms. The average Bonchev–Trinajstić information content (AvgIpc) is 3.23. The third-order valence-corrected chi connectivity index (χ3v) is 13.6. The lowest BCUT2D eigenvalue weighted by molar-refractivity contribution is 0.350. The SMILES string of the molecule is Cc1ccc(C2CC(c3ccc(N(c4ccccc4)c4ccc5cc(N(c6ccccc6)c6ccc(C7CC(c8ccc(C)cc8)C7)c(C)c6)ccc5c4)cc3C)C2)cc1. The first kappa shape index (κ1) is 37.9. The molecule has 296 valence electrons. The van der Waals surface area contributed by atoms with Gasteiger partial charge in [0.25, 0.3) is 0 Å². The molecule has 0 N–H and O–H groups in total. The minimum Gasteiger partial charge on any atom is -0.310 e. The standard InChI is InChI=1S/C58H54N2/c1-39-15-19-43(20-16-39)47-33-49(34-47)57-29-27-53(31-41(57)3)59(51-11-7-5-8-12-51)55-25-23-46-38-56(26-24-45(46)37-55)60(52-13-9-6-10-14-52)54-28-30-58(42(4)32-54)50-35-48(36-50)44-21-17-40(2)18-22-44/h5-32,37-38,47-50H,33-36H2,1-4H3. The molecule has 0 spiro atoms. The van der Waals surface area contributed by atoms with Gasteiger partial charge in [-0.25, -0.2) is 0 Å². The van der Waals surface area contributed by atoms with Gasteiger partial charge in [0.2, 0.25) is 0 Å². The minimum atomic E-state index is 0.614. The van der Waals surface area contributed by atoms with Gasteiger partial charge in [0.05, 0.1) is 0 Å². The number of aryl methyl sites for hydroxylation is 4. The fraction of sp³-hybridized carbons (Fsp3) is 0.207. The molecule has 0 atom stereocenters. The highest BCUT2D eigenvalue weighted by atomic mass is 15.1. The van der Waals surface area contributed by atoms with Crippen molar-refractivity contribution in [2.75, 3.05) is 9.80 Å². The van der Waals surface area contributed by atoms with E-state index in [-0.39, 0.29) is 0 Å². The molecule has 2 heteroatoms. The summed E-state index contributed by atoms with van der Waals surface area (Å²) < 4.78 is 0. The summed E-state index contributed by atoms with van der Waals surface area (Å²) in [6.07, 6.45) is 4.89.